The molecular formula is C12H25NO3. The van der Waals surface area contributed by atoms with Crippen LogP contribution in [0, 0.1) is 0 Å². The van der Waals surface area contributed by atoms with Crippen LogP contribution in [0.4, 0.5) is 0 Å². The normalized spacial score (nSPS) is 11.7. The maximum absolute atomic E-state index is 10.4. The molecular weight excluding hydrogens is 206 g/mol. The van der Waals surface area contributed by atoms with Crippen molar-refractivity contribution in [3.8, 4) is 0 Å². The summed E-state index contributed by atoms with van der Waals surface area (Å²) < 4.78 is 5.49. The van der Waals surface area contributed by atoms with Crippen molar-refractivity contribution in [3.63, 3.8) is 0 Å². The summed E-state index contributed by atoms with van der Waals surface area (Å²) in [5.74, 6) is -0.720. The van der Waals surface area contributed by atoms with E-state index in [1.807, 2.05) is 13.8 Å². The van der Waals surface area contributed by atoms with Crippen LogP contribution in [-0.2, 0) is 9.53 Å². The lowest BCUT2D eigenvalue weighted by molar-refractivity contribution is -0.137. The SMILES string of the molecule is CC(C)OCCN(CCCC(=O)O)C(C)C. The van der Waals surface area contributed by atoms with Crippen LogP contribution in [0.1, 0.15) is 40.5 Å². The Kier molecular flexibility index (Phi) is 8.21. The highest BCUT2D eigenvalue weighted by Gasteiger charge is 2.10. The molecule has 0 saturated heterocycles. The van der Waals surface area contributed by atoms with Crippen LogP contribution in [0.3, 0.4) is 0 Å². The van der Waals surface area contributed by atoms with Gasteiger partial charge in [0.1, 0.15) is 0 Å². The Morgan fingerprint density at radius 2 is 1.88 bits per heavy atom. The maximum atomic E-state index is 10.4. The van der Waals surface area contributed by atoms with Crippen LogP contribution in [0.5, 0.6) is 0 Å². The second-order valence-electron chi connectivity index (χ2n) is 4.55. The van der Waals surface area contributed by atoms with E-state index < -0.39 is 5.97 Å². The van der Waals surface area contributed by atoms with Gasteiger partial charge in [0.15, 0.2) is 0 Å². The highest BCUT2D eigenvalue weighted by atomic mass is 16.5. The number of carboxylic acid groups (broad SMARTS) is 1. The molecule has 96 valence electrons. The quantitative estimate of drug-likeness (QED) is 0.659. The van der Waals surface area contributed by atoms with E-state index >= 15 is 0 Å². The molecule has 0 saturated carbocycles. The van der Waals surface area contributed by atoms with E-state index in [0.29, 0.717) is 19.1 Å². The molecule has 4 nitrogen and oxygen atoms in total. The van der Waals surface area contributed by atoms with Gasteiger partial charge in [0.2, 0.25) is 0 Å². The highest BCUT2D eigenvalue weighted by Crippen LogP contribution is 2.02. The monoisotopic (exact) mass is 231 g/mol. The standard InChI is InChI=1S/C12H25NO3/c1-10(2)13(7-5-6-12(14)15)8-9-16-11(3)4/h10-11H,5-9H2,1-4H3,(H,14,15). The Morgan fingerprint density at radius 3 is 2.31 bits per heavy atom. The first kappa shape index (κ1) is 15.4. The molecule has 0 atom stereocenters. The van der Waals surface area contributed by atoms with Gasteiger partial charge in [-0.2, -0.15) is 0 Å². The first-order chi connectivity index (χ1) is 7.43. The van der Waals surface area contributed by atoms with Crippen molar-refractivity contribution in [2.24, 2.45) is 0 Å². The zero-order valence-electron chi connectivity index (χ0n) is 10.9. The average molecular weight is 231 g/mol. The molecule has 1 N–H and O–H groups in total. The number of hydrogen-bond donors (Lipinski definition) is 1. The van der Waals surface area contributed by atoms with Gasteiger partial charge in [-0.1, -0.05) is 0 Å². The molecule has 0 aliphatic carbocycles. The third-order valence-electron chi connectivity index (χ3n) is 2.40. The fourth-order valence-corrected chi connectivity index (χ4v) is 1.47. The second kappa shape index (κ2) is 8.53. The highest BCUT2D eigenvalue weighted by molar-refractivity contribution is 5.66. The number of hydrogen-bond acceptors (Lipinski definition) is 3. The Morgan fingerprint density at radius 1 is 1.25 bits per heavy atom. The van der Waals surface area contributed by atoms with Crippen molar-refractivity contribution >= 4 is 5.97 Å². The lowest BCUT2D eigenvalue weighted by atomic mass is 10.2. The molecule has 0 aliphatic rings. The number of nitrogens with zero attached hydrogens (tertiary/aromatic N) is 1. The third-order valence-corrected chi connectivity index (χ3v) is 2.40. The number of carbonyl (C=O) groups is 1. The molecule has 0 aromatic carbocycles. The van der Waals surface area contributed by atoms with Crippen molar-refractivity contribution in [1.82, 2.24) is 4.90 Å². The van der Waals surface area contributed by atoms with Gasteiger partial charge >= 0.3 is 5.97 Å². The minimum Gasteiger partial charge on any atom is -0.481 e. The van der Waals surface area contributed by atoms with Crippen LogP contribution >= 0.6 is 0 Å². The summed E-state index contributed by atoms with van der Waals surface area (Å²) in [4.78, 5) is 12.7. The van der Waals surface area contributed by atoms with E-state index in [-0.39, 0.29) is 12.5 Å². The summed E-state index contributed by atoms with van der Waals surface area (Å²) in [6.07, 6.45) is 1.21. The van der Waals surface area contributed by atoms with Crippen molar-refractivity contribution < 1.29 is 14.6 Å². The largest absolute Gasteiger partial charge is 0.481 e. The number of carboxylic acids is 1. The van der Waals surface area contributed by atoms with Crippen molar-refractivity contribution in [3.05, 3.63) is 0 Å². The van der Waals surface area contributed by atoms with E-state index in [1.54, 1.807) is 0 Å². The minimum absolute atomic E-state index is 0.244. The molecule has 0 fully saturated rings. The molecule has 0 amide bonds. The molecule has 0 aromatic heterocycles. The minimum atomic E-state index is -0.720. The molecule has 0 unspecified atom stereocenters. The molecule has 0 spiro atoms. The number of aliphatic carboxylic acids is 1. The third kappa shape index (κ3) is 8.68. The lowest BCUT2D eigenvalue weighted by Crippen LogP contribution is -2.35. The van der Waals surface area contributed by atoms with E-state index in [2.05, 4.69) is 18.7 Å². The van der Waals surface area contributed by atoms with Gasteiger partial charge in [0, 0.05) is 19.0 Å². The van der Waals surface area contributed by atoms with Gasteiger partial charge in [-0.25, -0.2) is 0 Å². The summed E-state index contributed by atoms with van der Waals surface area (Å²) >= 11 is 0. The molecule has 0 radical (unpaired) electrons. The number of ether oxygens (including phenoxy) is 1. The van der Waals surface area contributed by atoms with E-state index in [0.717, 1.165) is 13.1 Å². The van der Waals surface area contributed by atoms with E-state index in [4.69, 9.17) is 9.84 Å². The van der Waals surface area contributed by atoms with Crippen molar-refractivity contribution in [2.45, 2.75) is 52.7 Å². The molecule has 4 heteroatoms. The van der Waals surface area contributed by atoms with Crippen LogP contribution in [0.15, 0.2) is 0 Å². The van der Waals surface area contributed by atoms with E-state index in [1.165, 1.54) is 0 Å². The first-order valence-electron chi connectivity index (χ1n) is 6.01. The van der Waals surface area contributed by atoms with Gasteiger partial charge in [-0.3, -0.25) is 9.69 Å². The Hall–Kier alpha value is -0.610. The van der Waals surface area contributed by atoms with Crippen molar-refractivity contribution in [1.29, 1.82) is 0 Å². The Balaban J connectivity index is 3.75. The number of rotatable bonds is 9. The van der Waals surface area contributed by atoms with Crippen LogP contribution in [0.25, 0.3) is 0 Å². The Bertz CT molecular complexity index is 193. The zero-order valence-corrected chi connectivity index (χ0v) is 10.9. The summed E-state index contributed by atoms with van der Waals surface area (Å²) in [6.45, 7) is 10.7. The maximum Gasteiger partial charge on any atom is 0.303 e. The average Bonchev–Trinajstić information content (AvgIpc) is 2.14. The molecule has 0 bridgehead atoms. The fraction of sp³-hybridized carbons (Fsp3) is 0.917. The predicted molar refractivity (Wildman–Crippen MR) is 64.7 cm³/mol. The summed E-state index contributed by atoms with van der Waals surface area (Å²) in [7, 11) is 0. The molecule has 0 aliphatic heterocycles. The summed E-state index contributed by atoms with van der Waals surface area (Å²) in [5.41, 5.74) is 0. The van der Waals surface area contributed by atoms with E-state index in [9.17, 15) is 4.79 Å². The zero-order chi connectivity index (χ0) is 12.6. The molecule has 0 aromatic rings. The van der Waals surface area contributed by atoms with Gasteiger partial charge in [0.05, 0.1) is 12.7 Å². The summed E-state index contributed by atoms with van der Waals surface area (Å²) in [5, 5.41) is 8.57. The topological polar surface area (TPSA) is 49.8 Å². The van der Waals surface area contributed by atoms with Gasteiger partial charge in [-0.15, -0.1) is 0 Å². The Labute approximate surface area is 98.6 Å². The van der Waals surface area contributed by atoms with Crippen LogP contribution in [-0.4, -0.2) is 47.8 Å². The predicted octanol–water partition coefficient (Wildman–Crippen LogP) is 1.99. The lowest BCUT2D eigenvalue weighted by Gasteiger charge is -2.26. The van der Waals surface area contributed by atoms with Gasteiger partial charge in [-0.05, 0) is 40.7 Å². The molecule has 0 heterocycles. The fourth-order valence-electron chi connectivity index (χ4n) is 1.47. The van der Waals surface area contributed by atoms with Crippen LogP contribution < -0.4 is 0 Å². The van der Waals surface area contributed by atoms with Gasteiger partial charge < -0.3 is 9.84 Å². The van der Waals surface area contributed by atoms with Gasteiger partial charge in [0.25, 0.3) is 0 Å². The first-order valence-corrected chi connectivity index (χ1v) is 6.01. The summed E-state index contributed by atoms with van der Waals surface area (Å²) in [6, 6.07) is 0.435. The van der Waals surface area contributed by atoms with Crippen molar-refractivity contribution in [2.75, 3.05) is 19.7 Å². The van der Waals surface area contributed by atoms with Crippen LogP contribution in [0.2, 0.25) is 0 Å². The molecule has 16 heavy (non-hydrogen) atoms. The molecule has 0 rings (SSSR count). The smallest absolute Gasteiger partial charge is 0.303 e. The second-order valence-corrected chi connectivity index (χ2v) is 4.55.